The summed E-state index contributed by atoms with van der Waals surface area (Å²) in [5.74, 6) is 0. The highest BCUT2D eigenvalue weighted by atomic mass is 32.2. The van der Waals surface area contributed by atoms with Gasteiger partial charge in [0.2, 0.25) is 0 Å². The van der Waals surface area contributed by atoms with Gasteiger partial charge in [0.15, 0.2) is 0 Å². The Balaban J connectivity index is 2.39. The molecule has 0 heterocycles. The van der Waals surface area contributed by atoms with Crippen molar-refractivity contribution >= 4 is 26.5 Å². The van der Waals surface area contributed by atoms with Crippen molar-refractivity contribution in [2.75, 3.05) is 4.72 Å². The van der Waals surface area contributed by atoms with Crippen LogP contribution in [0.2, 0.25) is 0 Å². The number of anilines is 1. The van der Waals surface area contributed by atoms with E-state index < -0.39 is 21.5 Å². The number of sulfonamides is 1. The van der Waals surface area contributed by atoms with Crippen molar-refractivity contribution in [3.8, 4) is 0 Å². The summed E-state index contributed by atoms with van der Waals surface area (Å²) in [6.45, 7) is 0. The normalized spacial score (nSPS) is 13.4. The lowest BCUT2D eigenvalue weighted by molar-refractivity contribution is -0.241. The van der Waals surface area contributed by atoms with Crippen LogP contribution in [-0.4, -0.2) is 19.8 Å². The summed E-state index contributed by atoms with van der Waals surface area (Å²) < 4.78 is 85.9. The molecule has 1 N–H and O–H groups in total. The summed E-state index contributed by atoms with van der Waals surface area (Å²) in [5, 5.41) is -4.71. The Bertz CT molecular complexity index is 771. The van der Waals surface area contributed by atoms with E-state index in [9.17, 15) is 30.4 Å². The van der Waals surface area contributed by atoms with E-state index in [1.165, 1.54) is 16.9 Å². The maximum Gasteiger partial charge on any atom is 0.471 e. The van der Waals surface area contributed by atoms with Gasteiger partial charge in [0.25, 0.3) is 0 Å². The standard InChI is InChI=1S/C12H8F5NO2S/c13-11(14,15)12(16,17)21(19,20)18-10-6-5-8-3-1-2-4-9(8)7-10/h1-7,18H. The maximum atomic E-state index is 12.9. The van der Waals surface area contributed by atoms with Crippen LogP contribution >= 0.6 is 0 Å². The molecule has 0 aliphatic heterocycles. The average Bonchev–Trinajstić information content (AvgIpc) is 2.36. The van der Waals surface area contributed by atoms with E-state index in [1.807, 2.05) is 0 Å². The van der Waals surface area contributed by atoms with E-state index in [1.54, 1.807) is 24.3 Å². The molecule has 0 atom stereocenters. The second-order valence-electron chi connectivity index (χ2n) is 4.18. The number of nitrogens with one attached hydrogen (secondary N) is 1. The fourth-order valence-electron chi connectivity index (χ4n) is 1.62. The van der Waals surface area contributed by atoms with Gasteiger partial charge in [-0.25, -0.2) is 0 Å². The third-order valence-corrected chi connectivity index (χ3v) is 4.08. The van der Waals surface area contributed by atoms with Gasteiger partial charge in [-0.1, -0.05) is 30.3 Å². The highest BCUT2D eigenvalue weighted by Crippen LogP contribution is 2.40. The van der Waals surface area contributed by atoms with E-state index in [4.69, 9.17) is 0 Å². The zero-order valence-electron chi connectivity index (χ0n) is 10.2. The minimum Gasteiger partial charge on any atom is -0.278 e. The van der Waals surface area contributed by atoms with Crippen LogP contribution in [-0.2, 0) is 10.0 Å². The topological polar surface area (TPSA) is 46.2 Å². The van der Waals surface area contributed by atoms with Gasteiger partial charge >= 0.3 is 21.5 Å². The third-order valence-electron chi connectivity index (χ3n) is 2.67. The molecular weight excluding hydrogens is 317 g/mol. The van der Waals surface area contributed by atoms with E-state index in [2.05, 4.69) is 0 Å². The van der Waals surface area contributed by atoms with Crippen LogP contribution < -0.4 is 4.72 Å². The minimum absolute atomic E-state index is 0.377. The molecule has 0 radical (unpaired) electrons. The van der Waals surface area contributed by atoms with Crippen LogP contribution in [0.15, 0.2) is 42.5 Å². The molecule has 9 heteroatoms. The lowest BCUT2D eigenvalue weighted by Gasteiger charge is -2.20. The second-order valence-corrected chi connectivity index (χ2v) is 5.91. The highest BCUT2D eigenvalue weighted by Gasteiger charge is 2.67. The summed E-state index contributed by atoms with van der Waals surface area (Å²) in [5.41, 5.74) is -0.377. The highest BCUT2D eigenvalue weighted by molar-refractivity contribution is 7.93. The van der Waals surface area contributed by atoms with Gasteiger partial charge in [-0.3, -0.25) is 4.72 Å². The number of hydrogen-bond donors (Lipinski definition) is 1. The minimum atomic E-state index is -6.20. The van der Waals surface area contributed by atoms with Crippen LogP contribution in [0.25, 0.3) is 10.8 Å². The third kappa shape index (κ3) is 2.78. The predicted octanol–water partition coefficient (Wildman–Crippen LogP) is 3.74. The molecule has 114 valence electrons. The Kier molecular flexibility index (Phi) is 3.56. The van der Waals surface area contributed by atoms with Crippen LogP contribution in [0.3, 0.4) is 0 Å². The largest absolute Gasteiger partial charge is 0.471 e. The molecule has 2 rings (SSSR count). The first-order valence-electron chi connectivity index (χ1n) is 5.50. The van der Waals surface area contributed by atoms with E-state index >= 15 is 0 Å². The Morgan fingerprint density at radius 1 is 0.857 bits per heavy atom. The van der Waals surface area contributed by atoms with Crippen LogP contribution in [0.1, 0.15) is 0 Å². The number of halogens is 5. The van der Waals surface area contributed by atoms with Gasteiger partial charge in [-0.2, -0.15) is 30.4 Å². The van der Waals surface area contributed by atoms with E-state index in [0.717, 1.165) is 6.07 Å². The summed E-state index contributed by atoms with van der Waals surface area (Å²) in [7, 11) is -5.95. The van der Waals surface area contributed by atoms with Gasteiger partial charge in [-0.15, -0.1) is 0 Å². The number of benzene rings is 2. The Morgan fingerprint density at radius 2 is 1.43 bits per heavy atom. The number of rotatable bonds is 3. The first-order chi connectivity index (χ1) is 9.54. The summed E-state index contributed by atoms with van der Waals surface area (Å²) in [4.78, 5) is 0. The van der Waals surface area contributed by atoms with Gasteiger partial charge in [0, 0.05) is 5.69 Å². The fourth-order valence-corrected chi connectivity index (χ4v) is 2.49. The van der Waals surface area contributed by atoms with E-state index in [0.29, 0.717) is 10.8 Å². The average molecular weight is 325 g/mol. The second kappa shape index (κ2) is 4.83. The summed E-state index contributed by atoms with van der Waals surface area (Å²) in [6.07, 6.45) is -6.20. The molecule has 0 aliphatic rings. The maximum absolute atomic E-state index is 12.9. The van der Waals surface area contributed by atoms with Crippen molar-refractivity contribution in [1.29, 1.82) is 0 Å². The van der Waals surface area contributed by atoms with Crippen molar-refractivity contribution in [3.05, 3.63) is 42.5 Å². The molecule has 0 bridgehead atoms. The number of fused-ring (bicyclic) bond motifs is 1. The fraction of sp³-hybridized carbons (Fsp3) is 0.167. The predicted molar refractivity (Wildman–Crippen MR) is 67.5 cm³/mol. The monoisotopic (exact) mass is 325 g/mol. The zero-order valence-corrected chi connectivity index (χ0v) is 11.0. The molecular formula is C12H8F5NO2S. The zero-order chi connectivity index (χ0) is 15.9. The van der Waals surface area contributed by atoms with Gasteiger partial charge in [0.05, 0.1) is 0 Å². The van der Waals surface area contributed by atoms with Crippen LogP contribution in [0.4, 0.5) is 27.6 Å². The molecule has 0 unspecified atom stereocenters. The molecule has 2 aromatic rings. The number of alkyl halides is 5. The Labute approximate surface area is 116 Å². The lowest BCUT2D eigenvalue weighted by atomic mass is 10.1. The molecule has 3 nitrogen and oxygen atoms in total. The van der Waals surface area contributed by atoms with E-state index in [-0.39, 0.29) is 5.69 Å². The first kappa shape index (κ1) is 15.5. The van der Waals surface area contributed by atoms with Gasteiger partial charge in [-0.05, 0) is 22.9 Å². The molecule has 21 heavy (non-hydrogen) atoms. The Morgan fingerprint density at radius 3 is 2.00 bits per heavy atom. The first-order valence-corrected chi connectivity index (χ1v) is 6.99. The quantitative estimate of drug-likeness (QED) is 0.874. The molecule has 0 saturated heterocycles. The van der Waals surface area contributed by atoms with Crippen LogP contribution in [0, 0.1) is 0 Å². The summed E-state index contributed by atoms with van der Waals surface area (Å²) >= 11 is 0. The molecule has 0 amide bonds. The van der Waals surface area contributed by atoms with Crippen molar-refractivity contribution < 1.29 is 30.4 Å². The van der Waals surface area contributed by atoms with Crippen molar-refractivity contribution in [1.82, 2.24) is 0 Å². The van der Waals surface area contributed by atoms with Crippen molar-refractivity contribution in [3.63, 3.8) is 0 Å². The summed E-state index contributed by atoms with van der Waals surface area (Å²) in [6, 6.07) is 10.2. The number of hydrogen-bond acceptors (Lipinski definition) is 2. The van der Waals surface area contributed by atoms with Crippen molar-refractivity contribution in [2.24, 2.45) is 0 Å². The molecule has 0 aliphatic carbocycles. The molecule has 0 aromatic heterocycles. The molecule has 0 spiro atoms. The SMILES string of the molecule is O=S(=O)(Nc1ccc2ccccc2c1)C(F)(F)C(F)(F)F. The van der Waals surface area contributed by atoms with Crippen molar-refractivity contribution in [2.45, 2.75) is 11.4 Å². The molecule has 2 aromatic carbocycles. The molecule has 0 fully saturated rings. The van der Waals surface area contributed by atoms with Gasteiger partial charge < -0.3 is 0 Å². The lowest BCUT2D eigenvalue weighted by Crippen LogP contribution is -2.46. The smallest absolute Gasteiger partial charge is 0.278 e. The molecule has 0 saturated carbocycles. The van der Waals surface area contributed by atoms with Crippen LogP contribution in [0.5, 0.6) is 0 Å². The Hall–Kier alpha value is -1.90. The van der Waals surface area contributed by atoms with Gasteiger partial charge in [0.1, 0.15) is 0 Å².